The summed E-state index contributed by atoms with van der Waals surface area (Å²) in [6.45, 7) is 10.6. The van der Waals surface area contributed by atoms with Crippen LogP contribution in [-0.4, -0.2) is 34.1 Å². The van der Waals surface area contributed by atoms with Crippen LogP contribution < -0.4 is 5.32 Å². The molecule has 0 heterocycles. The van der Waals surface area contributed by atoms with E-state index in [2.05, 4.69) is 37.9 Å². The van der Waals surface area contributed by atoms with Gasteiger partial charge in [-0.2, -0.15) is 0 Å². The van der Waals surface area contributed by atoms with Crippen LogP contribution in [0, 0.1) is 28.1 Å². The maximum atomic E-state index is 13.4. The van der Waals surface area contributed by atoms with Crippen LogP contribution >= 0.6 is 0 Å². The molecule has 2 saturated carbocycles. The Morgan fingerprint density at radius 1 is 1.23 bits per heavy atom. The van der Waals surface area contributed by atoms with E-state index in [1.165, 1.54) is 5.57 Å². The van der Waals surface area contributed by atoms with E-state index in [9.17, 15) is 19.5 Å². The van der Waals surface area contributed by atoms with E-state index in [4.69, 9.17) is 5.11 Å². The molecule has 0 radical (unpaired) electrons. The van der Waals surface area contributed by atoms with Gasteiger partial charge in [0.15, 0.2) is 0 Å². The molecule has 0 saturated heterocycles. The quantitative estimate of drug-likeness (QED) is 0.513. The molecule has 0 bridgehead atoms. The predicted octanol–water partition coefficient (Wildman–Crippen LogP) is 4.56. The van der Waals surface area contributed by atoms with Crippen LogP contribution in [0.1, 0.15) is 78.6 Å². The molecule has 172 valence electrons. The lowest BCUT2D eigenvalue weighted by molar-refractivity contribution is -0.149. The Labute approximate surface area is 185 Å². The minimum Gasteiger partial charge on any atom is -0.481 e. The zero-order chi connectivity index (χ0) is 23.0. The Hall–Kier alpha value is -2.11. The van der Waals surface area contributed by atoms with E-state index in [0.29, 0.717) is 5.92 Å². The van der Waals surface area contributed by atoms with Gasteiger partial charge in [0.05, 0.1) is 5.41 Å². The van der Waals surface area contributed by atoms with Gasteiger partial charge < -0.3 is 15.5 Å². The number of carbonyl (C=O) groups excluding carboxylic acids is 1. The third-order valence-corrected chi connectivity index (χ3v) is 8.60. The van der Waals surface area contributed by atoms with Crippen molar-refractivity contribution in [3.05, 3.63) is 24.3 Å². The van der Waals surface area contributed by atoms with Crippen molar-refractivity contribution >= 4 is 17.8 Å². The number of aliphatic carboxylic acids is 2. The second-order valence-corrected chi connectivity index (χ2v) is 10.7. The minimum atomic E-state index is -1.18. The lowest BCUT2D eigenvalue weighted by Crippen LogP contribution is -2.57. The number of hydrogen-bond acceptors (Lipinski definition) is 3. The largest absolute Gasteiger partial charge is 0.481 e. The highest BCUT2D eigenvalue weighted by atomic mass is 16.4. The molecule has 0 aromatic rings. The van der Waals surface area contributed by atoms with E-state index < -0.39 is 23.4 Å². The zero-order valence-corrected chi connectivity index (χ0v) is 19.1. The first-order valence-corrected chi connectivity index (χ1v) is 11.5. The van der Waals surface area contributed by atoms with Crippen LogP contribution in [0.2, 0.25) is 0 Å². The van der Waals surface area contributed by atoms with Gasteiger partial charge in [-0.15, -0.1) is 6.58 Å². The molecule has 31 heavy (non-hydrogen) atoms. The molecule has 6 nitrogen and oxygen atoms in total. The standard InChI is InChI=1S/C25H37NO5/c1-5-23(2)14-11-17-16(15-23)7-9-19-24(17,3)12-6-13-25(19,4)22(31)26-18(21(29)30)8-10-20(27)28/h5,11,16,18-19H,1,6-10,12-15H2,2-4H3,(H,26,31)(H,27,28)(H,29,30)/t16?,18-,19?,23+,24+,25-/m0/s1. The average molecular weight is 432 g/mol. The van der Waals surface area contributed by atoms with Crippen LogP contribution in [0.15, 0.2) is 24.3 Å². The Morgan fingerprint density at radius 3 is 2.55 bits per heavy atom. The van der Waals surface area contributed by atoms with Crippen molar-refractivity contribution in [2.75, 3.05) is 0 Å². The highest BCUT2D eigenvalue weighted by Gasteiger charge is 2.57. The first kappa shape index (κ1) is 23.6. The molecule has 3 aliphatic rings. The maximum absolute atomic E-state index is 13.4. The molecular formula is C25H37NO5. The van der Waals surface area contributed by atoms with Gasteiger partial charge in [-0.05, 0) is 67.6 Å². The van der Waals surface area contributed by atoms with Crippen molar-refractivity contribution in [3.8, 4) is 0 Å². The number of hydrogen-bond donors (Lipinski definition) is 3. The number of carbonyl (C=O) groups is 3. The van der Waals surface area contributed by atoms with Gasteiger partial charge in [-0.25, -0.2) is 4.79 Å². The fraction of sp³-hybridized carbons (Fsp3) is 0.720. The monoisotopic (exact) mass is 431 g/mol. The highest BCUT2D eigenvalue weighted by molar-refractivity contribution is 5.88. The molecule has 0 aromatic heterocycles. The summed E-state index contributed by atoms with van der Waals surface area (Å²) < 4.78 is 0. The molecular weight excluding hydrogens is 394 g/mol. The van der Waals surface area contributed by atoms with Crippen molar-refractivity contribution in [2.45, 2.75) is 84.6 Å². The number of nitrogens with one attached hydrogen (secondary N) is 1. The number of carboxylic acid groups (broad SMARTS) is 2. The van der Waals surface area contributed by atoms with E-state index in [1.807, 2.05) is 6.92 Å². The molecule has 0 aromatic carbocycles. The molecule has 3 rings (SSSR count). The summed E-state index contributed by atoms with van der Waals surface area (Å²) in [6, 6.07) is -1.17. The van der Waals surface area contributed by atoms with Crippen LogP contribution in [0.3, 0.4) is 0 Å². The number of rotatable bonds is 7. The lowest BCUT2D eigenvalue weighted by Gasteiger charge is -2.58. The number of carboxylic acids is 2. The van der Waals surface area contributed by atoms with Crippen LogP contribution in [0.25, 0.3) is 0 Å². The zero-order valence-electron chi connectivity index (χ0n) is 19.1. The summed E-state index contributed by atoms with van der Waals surface area (Å²) >= 11 is 0. The van der Waals surface area contributed by atoms with Crippen LogP contribution in [0.5, 0.6) is 0 Å². The van der Waals surface area contributed by atoms with Crippen molar-refractivity contribution in [1.82, 2.24) is 5.32 Å². The number of amides is 1. The fourth-order valence-corrected chi connectivity index (χ4v) is 6.73. The Kier molecular flexibility index (Phi) is 6.41. The maximum Gasteiger partial charge on any atom is 0.326 e. The Morgan fingerprint density at radius 2 is 1.94 bits per heavy atom. The predicted molar refractivity (Wildman–Crippen MR) is 118 cm³/mol. The van der Waals surface area contributed by atoms with E-state index in [1.54, 1.807) is 0 Å². The third-order valence-electron chi connectivity index (χ3n) is 8.60. The Balaban J connectivity index is 1.84. The topological polar surface area (TPSA) is 104 Å². The molecule has 3 aliphatic carbocycles. The van der Waals surface area contributed by atoms with Gasteiger partial charge in [0.2, 0.25) is 5.91 Å². The molecule has 2 fully saturated rings. The van der Waals surface area contributed by atoms with E-state index in [-0.39, 0.29) is 35.5 Å². The molecule has 3 N–H and O–H groups in total. The molecule has 6 atom stereocenters. The fourth-order valence-electron chi connectivity index (χ4n) is 6.73. The summed E-state index contributed by atoms with van der Waals surface area (Å²) in [5.74, 6) is -1.82. The molecule has 0 aliphatic heterocycles. The van der Waals surface area contributed by atoms with Gasteiger partial charge in [-0.3, -0.25) is 9.59 Å². The van der Waals surface area contributed by atoms with Crippen molar-refractivity contribution in [3.63, 3.8) is 0 Å². The van der Waals surface area contributed by atoms with Gasteiger partial charge in [0.25, 0.3) is 0 Å². The first-order valence-electron chi connectivity index (χ1n) is 11.5. The van der Waals surface area contributed by atoms with Gasteiger partial charge >= 0.3 is 11.9 Å². The van der Waals surface area contributed by atoms with Crippen LogP contribution in [-0.2, 0) is 14.4 Å². The summed E-state index contributed by atoms with van der Waals surface area (Å²) in [6.07, 6.45) is 10.9. The SMILES string of the molecule is C=C[C@]1(C)CC=C2C(CCC3[C@@](C)(C(=O)N[C@@H](CCC(=O)O)C(=O)O)CCC[C@]23C)C1. The highest BCUT2D eigenvalue weighted by Crippen LogP contribution is 2.63. The second kappa shape index (κ2) is 8.44. The number of fused-ring (bicyclic) bond motifs is 3. The minimum absolute atomic E-state index is 0.0600. The lowest BCUT2D eigenvalue weighted by atomic mass is 9.46. The van der Waals surface area contributed by atoms with Gasteiger partial charge in [-0.1, -0.05) is 44.9 Å². The van der Waals surface area contributed by atoms with E-state index >= 15 is 0 Å². The Bertz CT molecular complexity index is 804. The molecule has 2 unspecified atom stereocenters. The molecule has 1 amide bonds. The summed E-state index contributed by atoms with van der Waals surface area (Å²) in [5, 5.41) is 21.1. The van der Waals surface area contributed by atoms with Gasteiger partial charge in [0, 0.05) is 6.42 Å². The van der Waals surface area contributed by atoms with Crippen LogP contribution in [0.4, 0.5) is 0 Å². The third kappa shape index (κ3) is 4.31. The average Bonchev–Trinajstić information content (AvgIpc) is 2.70. The van der Waals surface area contributed by atoms with Crippen molar-refractivity contribution in [2.24, 2.45) is 28.1 Å². The summed E-state index contributed by atoms with van der Waals surface area (Å²) in [7, 11) is 0. The summed E-state index contributed by atoms with van der Waals surface area (Å²) in [4.78, 5) is 36.0. The van der Waals surface area contributed by atoms with Gasteiger partial charge in [0.1, 0.15) is 6.04 Å². The van der Waals surface area contributed by atoms with E-state index in [0.717, 1.165) is 44.9 Å². The number of allylic oxidation sites excluding steroid dienone is 3. The molecule has 0 spiro atoms. The first-order chi connectivity index (χ1) is 14.4. The van der Waals surface area contributed by atoms with Crippen molar-refractivity contribution < 1.29 is 24.6 Å². The summed E-state index contributed by atoms with van der Waals surface area (Å²) in [5.41, 5.74) is 0.901. The molecule has 6 heteroatoms. The van der Waals surface area contributed by atoms with Crippen molar-refractivity contribution in [1.29, 1.82) is 0 Å². The second-order valence-electron chi connectivity index (χ2n) is 10.7. The normalized spacial score (nSPS) is 38.1. The smallest absolute Gasteiger partial charge is 0.326 e.